The molecule has 1 aromatic rings. The highest BCUT2D eigenvalue weighted by Crippen LogP contribution is 2.18. The first kappa shape index (κ1) is 17.1. The van der Waals surface area contributed by atoms with Crippen LogP contribution in [-0.2, 0) is 6.42 Å². The zero-order valence-electron chi connectivity index (χ0n) is 13.5. The fourth-order valence-electron chi connectivity index (χ4n) is 2.80. The lowest BCUT2D eigenvalue weighted by atomic mass is 10.0. The molecule has 0 aliphatic heterocycles. The zero-order valence-corrected chi connectivity index (χ0v) is 13.5. The maximum Gasteiger partial charge on any atom is 0.116 e. The molecule has 0 aliphatic rings. The van der Waals surface area contributed by atoms with E-state index in [9.17, 15) is 5.11 Å². The minimum Gasteiger partial charge on any atom is -0.508 e. The Morgan fingerprint density at radius 3 is 1.85 bits per heavy atom. The number of phenols is 1. The van der Waals surface area contributed by atoms with E-state index in [0.717, 1.165) is 12.0 Å². The lowest BCUT2D eigenvalue weighted by molar-refractivity contribution is 0.473. The molecule has 1 rings (SSSR count). The van der Waals surface area contributed by atoms with Gasteiger partial charge in [0.15, 0.2) is 0 Å². The molecule has 1 aromatic carbocycles. The molecule has 0 atom stereocenters. The second-order valence-corrected chi connectivity index (χ2v) is 6.11. The number of hydrogen-bond donors (Lipinski definition) is 1. The molecule has 1 heteroatoms. The van der Waals surface area contributed by atoms with Gasteiger partial charge in [-0.15, -0.1) is 0 Å². The molecule has 114 valence electrons. The maximum absolute atomic E-state index is 9.56. The van der Waals surface area contributed by atoms with Gasteiger partial charge in [-0.1, -0.05) is 70.8 Å². The van der Waals surface area contributed by atoms with E-state index in [2.05, 4.69) is 13.0 Å². The Bertz CT molecular complexity index is 337. The van der Waals surface area contributed by atoms with Crippen molar-refractivity contribution >= 4 is 0 Å². The van der Waals surface area contributed by atoms with Crippen molar-refractivity contribution in [3.05, 3.63) is 29.3 Å². The molecule has 0 radical (unpaired) electrons. The monoisotopic (exact) mass is 276 g/mol. The van der Waals surface area contributed by atoms with E-state index in [0.29, 0.717) is 5.75 Å². The molecule has 0 amide bonds. The van der Waals surface area contributed by atoms with Crippen molar-refractivity contribution in [3.63, 3.8) is 0 Å². The SMILES string of the molecule is CCCCCCCCCCCCc1cc(C)cc(O)c1. The van der Waals surface area contributed by atoms with Gasteiger partial charge in [0, 0.05) is 0 Å². The molecular formula is C19H32O. The van der Waals surface area contributed by atoms with Crippen LogP contribution in [0, 0.1) is 6.92 Å². The number of unbranched alkanes of at least 4 members (excludes halogenated alkanes) is 9. The predicted molar refractivity (Wildman–Crippen MR) is 88.4 cm³/mol. The summed E-state index contributed by atoms with van der Waals surface area (Å²) in [6.45, 7) is 4.32. The highest BCUT2D eigenvalue weighted by Gasteiger charge is 1.98. The van der Waals surface area contributed by atoms with Gasteiger partial charge in [0.2, 0.25) is 0 Å². The van der Waals surface area contributed by atoms with Crippen molar-refractivity contribution in [1.29, 1.82) is 0 Å². The Kier molecular flexibility index (Phi) is 9.19. The standard InChI is InChI=1S/C19H32O/c1-3-4-5-6-7-8-9-10-11-12-13-18-14-17(2)15-19(20)16-18/h14-16,20H,3-13H2,1-2H3. The van der Waals surface area contributed by atoms with Crippen molar-refractivity contribution in [3.8, 4) is 5.75 Å². The zero-order chi connectivity index (χ0) is 14.6. The Labute approximate surface area is 125 Å². The summed E-state index contributed by atoms with van der Waals surface area (Å²) in [6, 6.07) is 5.91. The second kappa shape index (κ2) is 10.8. The van der Waals surface area contributed by atoms with E-state index in [-0.39, 0.29) is 0 Å². The molecule has 0 aromatic heterocycles. The summed E-state index contributed by atoms with van der Waals surface area (Å²) in [4.78, 5) is 0. The highest BCUT2D eigenvalue weighted by atomic mass is 16.3. The van der Waals surface area contributed by atoms with Gasteiger partial charge in [0.1, 0.15) is 5.75 Å². The molecule has 1 N–H and O–H groups in total. The fraction of sp³-hybridized carbons (Fsp3) is 0.684. The van der Waals surface area contributed by atoms with Crippen LogP contribution in [0.15, 0.2) is 18.2 Å². The maximum atomic E-state index is 9.56. The highest BCUT2D eigenvalue weighted by molar-refractivity contribution is 5.32. The van der Waals surface area contributed by atoms with Crippen LogP contribution in [0.25, 0.3) is 0 Å². The smallest absolute Gasteiger partial charge is 0.116 e. The molecule has 0 heterocycles. The van der Waals surface area contributed by atoms with Gasteiger partial charge in [-0.2, -0.15) is 0 Å². The van der Waals surface area contributed by atoms with E-state index in [1.807, 2.05) is 19.1 Å². The lowest BCUT2D eigenvalue weighted by Crippen LogP contribution is -1.88. The van der Waals surface area contributed by atoms with E-state index in [4.69, 9.17) is 0 Å². The van der Waals surface area contributed by atoms with Gasteiger partial charge in [-0.05, 0) is 43.0 Å². The molecule has 20 heavy (non-hydrogen) atoms. The number of aryl methyl sites for hydroxylation is 2. The van der Waals surface area contributed by atoms with E-state index in [1.54, 1.807) is 0 Å². The average molecular weight is 276 g/mol. The third-order valence-electron chi connectivity index (χ3n) is 3.94. The van der Waals surface area contributed by atoms with Crippen LogP contribution in [0.4, 0.5) is 0 Å². The Hall–Kier alpha value is -0.980. The first-order valence-corrected chi connectivity index (χ1v) is 8.52. The van der Waals surface area contributed by atoms with Crippen molar-refractivity contribution in [2.75, 3.05) is 0 Å². The van der Waals surface area contributed by atoms with Gasteiger partial charge in [0.05, 0.1) is 0 Å². The number of rotatable bonds is 11. The Balaban J connectivity index is 1.97. The Morgan fingerprint density at radius 1 is 0.750 bits per heavy atom. The van der Waals surface area contributed by atoms with Crippen molar-refractivity contribution in [2.45, 2.75) is 84.5 Å². The molecule has 0 spiro atoms. The summed E-state index contributed by atoms with van der Waals surface area (Å²) >= 11 is 0. The molecule has 1 nitrogen and oxygen atoms in total. The fourth-order valence-corrected chi connectivity index (χ4v) is 2.80. The minimum absolute atomic E-state index is 0.409. The van der Waals surface area contributed by atoms with Crippen molar-refractivity contribution < 1.29 is 5.11 Å². The summed E-state index contributed by atoms with van der Waals surface area (Å²) in [5.74, 6) is 0.409. The molecule has 0 saturated heterocycles. The molecule has 0 unspecified atom stereocenters. The number of hydrogen-bond acceptors (Lipinski definition) is 1. The predicted octanol–water partition coefficient (Wildman–Crippen LogP) is 6.16. The Morgan fingerprint density at radius 2 is 1.30 bits per heavy atom. The van der Waals surface area contributed by atoms with Crippen LogP contribution in [0.3, 0.4) is 0 Å². The average Bonchev–Trinajstić information content (AvgIpc) is 2.40. The second-order valence-electron chi connectivity index (χ2n) is 6.11. The van der Waals surface area contributed by atoms with Crippen molar-refractivity contribution in [2.24, 2.45) is 0 Å². The van der Waals surface area contributed by atoms with Crippen molar-refractivity contribution in [1.82, 2.24) is 0 Å². The largest absolute Gasteiger partial charge is 0.508 e. The van der Waals surface area contributed by atoms with Gasteiger partial charge >= 0.3 is 0 Å². The molecular weight excluding hydrogens is 244 g/mol. The molecule has 0 aliphatic carbocycles. The molecule has 0 bridgehead atoms. The van der Waals surface area contributed by atoms with Gasteiger partial charge in [-0.25, -0.2) is 0 Å². The first-order chi connectivity index (χ1) is 9.72. The third kappa shape index (κ3) is 8.24. The first-order valence-electron chi connectivity index (χ1n) is 8.52. The van der Waals surface area contributed by atoms with Crippen LogP contribution in [0.5, 0.6) is 5.75 Å². The third-order valence-corrected chi connectivity index (χ3v) is 3.94. The van der Waals surface area contributed by atoms with Gasteiger partial charge in [0.25, 0.3) is 0 Å². The van der Waals surface area contributed by atoms with Crippen LogP contribution >= 0.6 is 0 Å². The normalized spacial score (nSPS) is 10.9. The molecule has 0 fully saturated rings. The minimum atomic E-state index is 0.409. The summed E-state index contributed by atoms with van der Waals surface area (Å²) in [6.07, 6.45) is 14.9. The van der Waals surface area contributed by atoms with Crippen LogP contribution < -0.4 is 0 Å². The van der Waals surface area contributed by atoms with Crippen LogP contribution in [0.2, 0.25) is 0 Å². The van der Waals surface area contributed by atoms with Crippen LogP contribution in [-0.4, -0.2) is 5.11 Å². The van der Waals surface area contributed by atoms with Gasteiger partial charge < -0.3 is 5.11 Å². The van der Waals surface area contributed by atoms with E-state index < -0.39 is 0 Å². The molecule has 0 saturated carbocycles. The summed E-state index contributed by atoms with van der Waals surface area (Å²) < 4.78 is 0. The topological polar surface area (TPSA) is 20.2 Å². The number of aromatic hydroxyl groups is 1. The summed E-state index contributed by atoms with van der Waals surface area (Å²) in [5.41, 5.74) is 2.44. The van der Waals surface area contributed by atoms with E-state index in [1.165, 1.54) is 69.8 Å². The van der Waals surface area contributed by atoms with E-state index >= 15 is 0 Å². The summed E-state index contributed by atoms with van der Waals surface area (Å²) in [7, 11) is 0. The number of phenolic OH excluding ortho intramolecular Hbond substituents is 1. The quantitative estimate of drug-likeness (QED) is 0.479. The van der Waals surface area contributed by atoms with Gasteiger partial charge in [-0.3, -0.25) is 0 Å². The lowest BCUT2D eigenvalue weighted by Gasteiger charge is -2.05. The number of benzene rings is 1. The van der Waals surface area contributed by atoms with Crippen LogP contribution in [0.1, 0.15) is 82.3 Å². The summed E-state index contributed by atoms with van der Waals surface area (Å²) in [5, 5.41) is 9.56.